The molecule has 0 fully saturated rings. The summed E-state index contributed by atoms with van der Waals surface area (Å²) in [5.74, 6) is 0.213. The van der Waals surface area contributed by atoms with Crippen molar-refractivity contribution >= 4 is 29.0 Å². The van der Waals surface area contributed by atoms with Gasteiger partial charge in [0.15, 0.2) is 0 Å². The summed E-state index contributed by atoms with van der Waals surface area (Å²) in [5.41, 5.74) is 3.72. The van der Waals surface area contributed by atoms with Crippen LogP contribution in [-0.4, -0.2) is 16.1 Å². The summed E-state index contributed by atoms with van der Waals surface area (Å²) >= 11 is 3.20. The van der Waals surface area contributed by atoms with Crippen LogP contribution in [0.15, 0.2) is 48.5 Å². The number of rotatable bonds is 6. The minimum absolute atomic E-state index is 0.249. The lowest BCUT2D eigenvalue weighted by molar-refractivity contribution is 0.0950. The number of hydrogen-bond donors (Lipinski definition) is 1. The summed E-state index contributed by atoms with van der Waals surface area (Å²) in [7, 11) is 0. The van der Waals surface area contributed by atoms with Gasteiger partial charge in [-0.05, 0) is 48.1 Å². The van der Waals surface area contributed by atoms with Gasteiger partial charge in [0.2, 0.25) is 5.01 Å². The minimum atomic E-state index is -0.290. The molecule has 4 nitrogen and oxygen atoms in total. The van der Waals surface area contributed by atoms with E-state index in [1.54, 1.807) is 12.1 Å². The Morgan fingerprint density at radius 1 is 1.18 bits per heavy atom. The van der Waals surface area contributed by atoms with Gasteiger partial charge in [-0.15, -0.1) is 22.0 Å². The van der Waals surface area contributed by atoms with Gasteiger partial charge >= 0.3 is 0 Å². The van der Waals surface area contributed by atoms with Crippen molar-refractivity contribution in [2.75, 3.05) is 0 Å². The summed E-state index contributed by atoms with van der Waals surface area (Å²) in [6, 6.07) is 14.7. The topological polar surface area (TPSA) is 54.9 Å². The Morgan fingerprint density at radius 3 is 2.86 bits per heavy atom. The van der Waals surface area contributed by atoms with Crippen molar-refractivity contribution in [3.63, 3.8) is 0 Å². The molecule has 4 rings (SSSR count). The number of nitrogens with zero attached hydrogens (tertiary/aromatic N) is 2. The molecule has 1 atom stereocenters. The smallest absolute Gasteiger partial charge is 0.282 e. The molecule has 1 N–H and O–H groups in total. The fourth-order valence-electron chi connectivity index (χ4n) is 3.32. The number of thioether (sulfide) groups is 1. The van der Waals surface area contributed by atoms with Crippen molar-refractivity contribution in [1.29, 1.82) is 0 Å². The molecule has 1 aliphatic rings. The third-order valence-electron chi connectivity index (χ3n) is 4.75. The number of carbonyl (C=O) groups is 1. The molecule has 0 bridgehead atoms. The molecule has 1 aromatic heterocycles. The number of fused-ring (bicyclic) bond motifs is 1. The maximum absolute atomic E-state index is 12.9. The Hall–Kier alpha value is -2.25. The van der Waals surface area contributed by atoms with Gasteiger partial charge < -0.3 is 5.32 Å². The van der Waals surface area contributed by atoms with Crippen LogP contribution in [0.4, 0.5) is 4.39 Å². The predicted molar refractivity (Wildman–Crippen MR) is 111 cm³/mol. The number of halogens is 1. The molecule has 0 saturated carbocycles. The number of carbonyl (C=O) groups excluding carboxylic acids is 1. The van der Waals surface area contributed by atoms with Crippen LogP contribution in [0.1, 0.15) is 49.6 Å². The first kappa shape index (κ1) is 19.1. The van der Waals surface area contributed by atoms with Crippen molar-refractivity contribution in [3.05, 3.63) is 81.1 Å². The standard InChI is InChI=1S/C21H20FN3OS2/c22-16-10-8-14(9-11-16)12-23-20(26)21-25-24-19(28-21)13-27-18-7-3-5-15-4-1-2-6-17(15)18/h1-2,4,6,8-11,18H,3,5,7,12-13H2,(H,23,26). The highest BCUT2D eigenvalue weighted by Gasteiger charge is 2.21. The van der Waals surface area contributed by atoms with E-state index in [1.165, 1.54) is 47.4 Å². The van der Waals surface area contributed by atoms with E-state index in [4.69, 9.17) is 0 Å². The van der Waals surface area contributed by atoms with E-state index >= 15 is 0 Å². The van der Waals surface area contributed by atoms with Gasteiger partial charge in [-0.2, -0.15) is 0 Å². The molecule has 1 heterocycles. The van der Waals surface area contributed by atoms with Gasteiger partial charge in [-0.1, -0.05) is 47.7 Å². The molecule has 1 unspecified atom stereocenters. The van der Waals surface area contributed by atoms with Gasteiger partial charge in [-0.3, -0.25) is 4.79 Å². The minimum Gasteiger partial charge on any atom is -0.346 e. The summed E-state index contributed by atoms with van der Waals surface area (Å²) in [5, 5.41) is 12.7. The van der Waals surface area contributed by atoms with Crippen molar-refractivity contribution in [2.24, 2.45) is 0 Å². The molecule has 3 aromatic rings. The summed E-state index contributed by atoms with van der Waals surface area (Å²) < 4.78 is 12.9. The molecule has 28 heavy (non-hydrogen) atoms. The Balaban J connectivity index is 1.32. The first-order chi connectivity index (χ1) is 13.7. The maximum atomic E-state index is 12.9. The molecule has 2 aromatic carbocycles. The van der Waals surface area contributed by atoms with Crippen LogP contribution >= 0.6 is 23.1 Å². The highest BCUT2D eigenvalue weighted by molar-refractivity contribution is 7.98. The second-order valence-electron chi connectivity index (χ2n) is 6.70. The second kappa shape index (κ2) is 8.84. The fourth-order valence-corrected chi connectivity index (χ4v) is 5.45. The number of aryl methyl sites for hydroxylation is 1. The van der Waals surface area contributed by atoms with Crippen molar-refractivity contribution in [3.8, 4) is 0 Å². The summed E-state index contributed by atoms with van der Waals surface area (Å²) in [4.78, 5) is 12.3. The Bertz CT molecular complexity index is 958. The van der Waals surface area contributed by atoms with Crippen molar-refractivity contribution in [2.45, 2.75) is 36.8 Å². The van der Waals surface area contributed by atoms with Gasteiger partial charge in [0.05, 0.1) is 0 Å². The quantitative estimate of drug-likeness (QED) is 0.623. The van der Waals surface area contributed by atoms with E-state index in [0.717, 1.165) is 22.7 Å². The third-order valence-corrected chi connectivity index (χ3v) is 7.19. The Kier molecular flexibility index (Phi) is 6.02. The van der Waals surface area contributed by atoms with Gasteiger partial charge in [-0.25, -0.2) is 4.39 Å². The van der Waals surface area contributed by atoms with Crippen LogP contribution in [0.2, 0.25) is 0 Å². The number of benzene rings is 2. The van der Waals surface area contributed by atoms with Crippen LogP contribution in [0.5, 0.6) is 0 Å². The Morgan fingerprint density at radius 2 is 2.00 bits per heavy atom. The molecule has 0 spiro atoms. The molecule has 1 aliphatic carbocycles. The van der Waals surface area contributed by atoms with E-state index in [9.17, 15) is 9.18 Å². The monoisotopic (exact) mass is 413 g/mol. The van der Waals surface area contributed by atoms with Crippen molar-refractivity contribution in [1.82, 2.24) is 15.5 Å². The molecule has 1 amide bonds. The van der Waals surface area contributed by atoms with Gasteiger partial charge in [0.25, 0.3) is 5.91 Å². The van der Waals surface area contributed by atoms with Crippen LogP contribution in [-0.2, 0) is 18.7 Å². The molecular weight excluding hydrogens is 393 g/mol. The first-order valence-corrected chi connectivity index (χ1v) is 11.1. The predicted octanol–water partition coefficient (Wildman–Crippen LogP) is 4.92. The lowest BCUT2D eigenvalue weighted by Crippen LogP contribution is -2.22. The highest BCUT2D eigenvalue weighted by Crippen LogP contribution is 2.41. The zero-order valence-corrected chi connectivity index (χ0v) is 16.9. The van der Waals surface area contributed by atoms with E-state index in [1.807, 2.05) is 11.8 Å². The van der Waals surface area contributed by atoms with Crippen LogP contribution in [0, 0.1) is 5.82 Å². The summed E-state index contributed by atoms with van der Waals surface area (Å²) in [6.45, 7) is 0.335. The average Bonchev–Trinajstić information content (AvgIpc) is 3.21. The normalized spacial score (nSPS) is 15.8. The molecule has 7 heteroatoms. The van der Waals surface area contributed by atoms with Crippen LogP contribution in [0.3, 0.4) is 0 Å². The lowest BCUT2D eigenvalue weighted by atomic mass is 9.91. The zero-order chi connectivity index (χ0) is 19.3. The van der Waals surface area contributed by atoms with E-state index in [-0.39, 0.29) is 11.7 Å². The Labute approximate surface area is 171 Å². The van der Waals surface area contributed by atoms with Crippen LogP contribution < -0.4 is 5.32 Å². The van der Waals surface area contributed by atoms with Gasteiger partial charge in [0, 0.05) is 17.5 Å². The van der Waals surface area contributed by atoms with E-state index in [2.05, 4.69) is 39.8 Å². The fraction of sp³-hybridized carbons (Fsp3) is 0.286. The molecule has 144 valence electrons. The van der Waals surface area contributed by atoms with E-state index < -0.39 is 0 Å². The first-order valence-electron chi connectivity index (χ1n) is 9.23. The lowest BCUT2D eigenvalue weighted by Gasteiger charge is -2.24. The van der Waals surface area contributed by atoms with Crippen molar-refractivity contribution < 1.29 is 9.18 Å². The maximum Gasteiger partial charge on any atom is 0.282 e. The van der Waals surface area contributed by atoms with Gasteiger partial charge in [0.1, 0.15) is 10.8 Å². The molecule has 0 radical (unpaired) electrons. The zero-order valence-electron chi connectivity index (χ0n) is 15.2. The number of amides is 1. The SMILES string of the molecule is O=C(NCc1ccc(F)cc1)c1nnc(CSC2CCCc3ccccc32)s1. The number of nitrogens with one attached hydrogen (secondary N) is 1. The van der Waals surface area contributed by atoms with E-state index in [0.29, 0.717) is 16.8 Å². The molecular formula is C21H20FN3OS2. The largest absolute Gasteiger partial charge is 0.346 e. The average molecular weight is 414 g/mol. The number of aromatic nitrogens is 2. The summed E-state index contributed by atoms with van der Waals surface area (Å²) in [6.07, 6.45) is 3.54. The molecule has 0 saturated heterocycles. The number of hydrogen-bond acceptors (Lipinski definition) is 5. The highest BCUT2D eigenvalue weighted by atomic mass is 32.2. The van der Waals surface area contributed by atoms with Crippen LogP contribution in [0.25, 0.3) is 0 Å². The third kappa shape index (κ3) is 4.59. The molecule has 0 aliphatic heterocycles. The second-order valence-corrected chi connectivity index (χ2v) is 8.95.